The van der Waals surface area contributed by atoms with E-state index in [0.717, 1.165) is 3.57 Å². The summed E-state index contributed by atoms with van der Waals surface area (Å²) in [6.45, 7) is 0. The molecule has 0 bridgehead atoms. The van der Waals surface area contributed by atoms with Crippen molar-refractivity contribution in [3.8, 4) is 11.8 Å². The molecular formula is C13H12IN3O3. The third-order valence-electron chi connectivity index (χ3n) is 2.44. The number of nitrogens with zero attached hydrogens (tertiary/aromatic N) is 2. The van der Waals surface area contributed by atoms with Crippen LogP contribution in [0.15, 0.2) is 30.3 Å². The lowest BCUT2D eigenvalue weighted by atomic mass is 10.2. The third-order valence-corrected chi connectivity index (χ3v) is 3.38. The van der Waals surface area contributed by atoms with Crippen LogP contribution in [-0.4, -0.2) is 30.1 Å². The molecule has 1 N–H and O–H groups in total. The van der Waals surface area contributed by atoms with E-state index in [0.29, 0.717) is 17.3 Å². The smallest absolute Gasteiger partial charge is 0.259 e. The van der Waals surface area contributed by atoms with Crippen LogP contribution in [0.2, 0.25) is 0 Å². The van der Waals surface area contributed by atoms with Crippen molar-refractivity contribution in [1.29, 1.82) is 0 Å². The zero-order valence-electron chi connectivity index (χ0n) is 10.9. The highest BCUT2D eigenvalue weighted by Crippen LogP contribution is 2.18. The Labute approximate surface area is 129 Å². The second-order valence-electron chi connectivity index (χ2n) is 3.71. The molecule has 6 nitrogen and oxygen atoms in total. The van der Waals surface area contributed by atoms with Crippen molar-refractivity contribution in [3.63, 3.8) is 0 Å². The van der Waals surface area contributed by atoms with E-state index < -0.39 is 0 Å². The van der Waals surface area contributed by atoms with Gasteiger partial charge in [0, 0.05) is 3.57 Å². The molecule has 0 unspecified atom stereocenters. The molecule has 0 aliphatic rings. The lowest BCUT2D eigenvalue weighted by Gasteiger charge is -2.08. The molecule has 20 heavy (non-hydrogen) atoms. The number of ether oxygens (including phenoxy) is 2. The van der Waals surface area contributed by atoms with Crippen LogP contribution in [0.4, 0.5) is 5.95 Å². The SMILES string of the molecule is COc1cc(OC)nc(NC(=O)c2ccccc2I)n1. The number of rotatable bonds is 4. The van der Waals surface area contributed by atoms with Gasteiger partial charge in [-0.25, -0.2) is 0 Å². The molecule has 2 aromatic rings. The molecule has 1 amide bonds. The Bertz CT molecular complexity index is 612. The second kappa shape index (κ2) is 6.51. The van der Waals surface area contributed by atoms with Crippen LogP contribution in [0.1, 0.15) is 10.4 Å². The molecule has 2 rings (SSSR count). The Balaban J connectivity index is 2.26. The highest BCUT2D eigenvalue weighted by Gasteiger charge is 2.12. The molecule has 0 fully saturated rings. The fraction of sp³-hybridized carbons (Fsp3) is 0.154. The first-order chi connectivity index (χ1) is 9.63. The third kappa shape index (κ3) is 3.35. The first-order valence-electron chi connectivity index (χ1n) is 5.67. The van der Waals surface area contributed by atoms with Gasteiger partial charge in [-0.15, -0.1) is 0 Å². The Morgan fingerprint density at radius 2 is 1.75 bits per heavy atom. The summed E-state index contributed by atoms with van der Waals surface area (Å²) < 4.78 is 10.9. The van der Waals surface area contributed by atoms with Crippen LogP contribution in [0, 0.1) is 3.57 Å². The lowest BCUT2D eigenvalue weighted by molar-refractivity contribution is 0.102. The van der Waals surface area contributed by atoms with Crippen LogP contribution in [-0.2, 0) is 0 Å². The van der Waals surface area contributed by atoms with Gasteiger partial charge in [-0.3, -0.25) is 10.1 Å². The van der Waals surface area contributed by atoms with Gasteiger partial charge in [-0.2, -0.15) is 9.97 Å². The Morgan fingerprint density at radius 3 is 2.30 bits per heavy atom. The van der Waals surface area contributed by atoms with Crippen molar-refractivity contribution in [2.75, 3.05) is 19.5 Å². The molecule has 1 heterocycles. The average molecular weight is 385 g/mol. The van der Waals surface area contributed by atoms with Crippen LogP contribution in [0.25, 0.3) is 0 Å². The standard InChI is InChI=1S/C13H12IN3O3/c1-19-10-7-11(20-2)16-13(15-10)17-12(18)8-5-3-4-6-9(8)14/h3-7H,1-2H3,(H,15,16,17,18). The summed E-state index contributed by atoms with van der Waals surface area (Å²) in [5.74, 6) is 0.473. The van der Waals surface area contributed by atoms with Gasteiger partial charge < -0.3 is 9.47 Å². The number of amides is 1. The minimum Gasteiger partial charge on any atom is -0.481 e. The zero-order valence-corrected chi connectivity index (χ0v) is 13.0. The van der Waals surface area contributed by atoms with Gasteiger partial charge >= 0.3 is 0 Å². The number of carbonyl (C=O) groups is 1. The van der Waals surface area contributed by atoms with Crippen molar-refractivity contribution in [1.82, 2.24) is 9.97 Å². The van der Waals surface area contributed by atoms with E-state index in [-0.39, 0.29) is 11.9 Å². The second-order valence-corrected chi connectivity index (χ2v) is 4.87. The largest absolute Gasteiger partial charge is 0.481 e. The number of anilines is 1. The van der Waals surface area contributed by atoms with Crippen molar-refractivity contribution in [2.24, 2.45) is 0 Å². The van der Waals surface area contributed by atoms with Crippen LogP contribution in [0.3, 0.4) is 0 Å². The maximum atomic E-state index is 12.2. The van der Waals surface area contributed by atoms with E-state index in [4.69, 9.17) is 9.47 Å². The van der Waals surface area contributed by atoms with Gasteiger partial charge in [0.1, 0.15) is 0 Å². The maximum absolute atomic E-state index is 12.2. The van der Waals surface area contributed by atoms with Crippen molar-refractivity contribution in [3.05, 3.63) is 39.5 Å². The minimum absolute atomic E-state index is 0.130. The highest BCUT2D eigenvalue weighted by molar-refractivity contribution is 14.1. The quantitative estimate of drug-likeness (QED) is 0.819. The average Bonchev–Trinajstić information content (AvgIpc) is 2.47. The number of nitrogens with one attached hydrogen (secondary N) is 1. The van der Waals surface area contributed by atoms with Crippen molar-refractivity contribution < 1.29 is 14.3 Å². The fourth-order valence-electron chi connectivity index (χ4n) is 1.48. The fourth-order valence-corrected chi connectivity index (χ4v) is 2.12. The number of hydrogen-bond acceptors (Lipinski definition) is 5. The molecule has 0 radical (unpaired) electrons. The minimum atomic E-state index is -0.287. The van der Waals surface area contributed by atoms with Gasteiger partial charge in [-0.05, 0) is 34.7 Å². The van der Waals surface area contributed by atoms with E-state index in [1.165, 1.54) is 20.3 Å². The molecule has 0 spiro atoms. The molecule has 0 atom stereocenters. The summed E-state index contributed by atoms with van der Waals surface area (Å²) in [5.41, 5.74) is 0.554. The van der Waals surface area contributed by atoms with E-state index >= 15 is 0 Å². The summed E-state index contributed by atoms with van der Waals surface area (Å²) in [5, 5.41) is 2.62. The predicted molar refractivity (Wildman–Crippen MR) is 82.2 cm³/mol. The molecular weight excluding hydrogens is 373 g/mol. The van der Waals surface area contributed by atoms with Crippen LogP contribution in [0.5, 0.6) is 11.8 Å². The molecule has 0 aliphatic carbocycles. The van der Waals surface area contributed by atoms with E-state index in [1.807, 2.05) is 12.1 Å². The molecule has 1 aromatic heterocycles. The summed E-state index contributed by atoms with van der Waals surface area (Å²) in [4.78, 5) is 20.3. The van der Waals surface area contributed by atoms with E-state index in [2.05, 4.69) is 37.9 Å². The van der Waals surface area contributed by atoms with E-state index in [9.17, 15) is 4.79 Å². The first kappa shape index (κ1) is 14.5. The first-order valence-corrected chi connectivity index (χ1v) is 6.75. The van der Waals surface area contributed by atoms with Gasteiger partial charge in [0.25, 0.3) is 5.91 Å². The van der Waals surface area contributed by atoms with Gasteiger partial charge in [0.05, 0.1) is 25.8 Å². The van der Waals surface area contributed by atoms with Gasteiger partial charge in [0.2, 0.25) is 17.7 Å². The number of carbonyl (C=O) groups excluding carboxylic acids is 1. The summed E-state index contributed by atoms with van der Waals surface area (Å²) in [6, 6.07) is 8.77. The topological polar surface area (TPSA) is 73.3 Å². The molecule has 0 saturated carbocycles. The summed E-state index contributed by atoms with van der Waals surface area (Å²) >= 11 is 2.10. The van der Waals surface area contributed by atoms with Gasteiger partial charge in [0.15, 0.2) is 0 Å². The molecule has 7 heteroatoms. The monoisotopic (exact) mass is 385 g/mol. The van der Waals surface area contributed by atoms with E-state index in [1.54, 1.807) is 12.1 Å². The normalized spacial score (nSPS) is 9.95. The summed E-state index contributed by atoms with van der Waals surface area (Å²) in [7, 11) is 2.96. The Morgan fingerprint density at radius 1 is 1.15 bits per heavy atom. The maximum Gasteiger partial charge on any atom is 0.259 e. The Kier molecular flexibility index (Phi) is 4.72. The number of benzene rings is 1. The molecule has 104 valence electrons. The number of methoxy groups -OCH3 is 2. The molecule has 0 aliphatic heterocycles. The van der Waals surface area contributed by atoms with Crippen LogP contribution >= 0.6 is 22.6 Å². The number of halogens is 1. The van der Waals surface area contributed by atoms with Crippen molar-refractivity contribution >= 4 is 34.4 Å². The molecule has 0 saturated heterocycles. The number of hydrogen-bond donors (Lipinski definition) is 1. The highest BCUT2D eigenvalue weighted by atomic mass is 127. The summed E-state index contributed by atoms with van der Waals surface area (Å²) in [6.07, 6.45) is 0. The Hall–Kier alpha value is -1.90. The van der Waals surface area contributed by atoms with Crippen LogP contribution < -0.4 is 14.8 Å². The lowest BCUT2D eigenvalue weighted by Crippen LogP contribution is -2.15. The zero-order chi connectivity index (χ0) is 14.5. The predicted octanol–water partition coefficient (Wildman–Crippen LogP) is 2.35. The number of aromatic nitrogens is 2. The van der Waals surface area contributed by atoms with Gasteiger partial charge in [-0.1, -0.05) is 12.1 Å². The molecule has 1 aromatic carbocycles. The van der Waals surface area contributed by atoms with Crippen molar-refractivity contribution in [2.45, 2.75) is 0 Å².